The Labute approximate surface area is 176 Å². The Kier molecular flexibility index (Phi) is 5.88. The Bertz CT molecular complexity index is 1000. The number of carbonyl (C=O) groups is 1. The van der Waals surface area contributed by atoms with Crippen LogP contribution in [0.1, 0.15) is 35.1 Å². The molecule has 0 aliphatic carbocycles. The first-order valence-corrected chi connectivity index (χ1v) is 10.6. The van der Waals surface area contributed by atoms with Crippen molar-refractivity contribution >= 4 is 28.7 Å². The van der Waals surface area contributed by atoms with Gasteiger partial charge in [0.2, 0.25) is 0 Å². The smallest absolute Gasteiger partial charge is 0.181 e. The molecule has 5 nitrogen and oxygen atoms in total. The lowest BCUT2D eigenvalue weighted by molar-refractivity contribution is 0.0976. The lowest BCUT2D eigenvalue weighted by Crippen LogP contribution is -2.44. The molecule has 0 bridgehead atoms. The van der Waals surface area contributed by atoms with Crippen molar-refractivity contribution in [3.63, 3.8) is 0 Å². The molecule has 4 rings (SSSR count). The van der Waals surface area contributed by atoms with Gasteiger partial charge in [-0.3, -0.25) is 9.20 Å². The molecule has 2 aromatic heterocycles. The fraction of sp³-hybridized carbons (Fsp3) is 0.391. The Morgan fingerprint density at radius 3 is 2.52 bits per heavy atom. The van der Waals surface area contributed by atoms with E-state index in [1.807, 2.05) is 17.5 Å². The topological polar surface area (TPSA) is 40.9 Å². The number of nitrogens with zero attached hydrogens (tertiary/aromatic N) is 4. The number of hydrogen-bond acceptors (Lipinski definition) is 4. The molecule has 1 fully saturated rings. The van der Waals surface area contributed by atoms with Gasteiger partial charge in [-0.1, -0.05) is 30.7 Å². The van der Waals surface area contributed by atoms with Crippen molar-refractivity contribution in [3.8, 4) is 0 Å². The monoisotopic (exact) mass is 410 g/mol. The number of rotatable bonds is 6. The number of aromatic nitrogens is 2. The van der Waals surface area contributed by atoms with Crippen LogP contribution in [-0.2, 0) is 12.8 Å². The highest BCUT2D eigenvalue weighted by Crippen LogP contribution is 2.21. The second kappa shape index (κ2) is 8.56. The minimum Gasteiger partial charge on any atom is -0.369 e. The highest BCUT2D eigenvalue weighted by Gasteiger charge is 2.18. The van der Waals surface area contributed by atoms with E-state index < -0.39 is 0 Å². The van der Waals surface area contributed by atoms with Gasteiger partial charge in [0.25, 0.3) is 0 Å². The van der Waals surface area contributed by atoms with E-state index in [4.69, 9.17) is 11.6 Å². The van der Waals surface area contributed by atoms with Crippen molar-refractivity contribution in [1.29, 1.82) is 0 Å². The fourth-order valence-electron chi connectivity index (χ4n) is 3.92. The molecule has 0 spiro atoms. The summed E-state index contributed by atoms with van der Waals surface area (Å²) in [4.78, 5) is 22.4. The van der Waals surface area contributed by atoms with Gasteiger partial charge in [0.05, 0.1) is 5.69 Å². The first kappa shape index (κ1) is 19.9. The number of carbonyl (C=O) groups excluding carboxylic acids is 1. The maximum Gasteiger partial charge on any atom is 0.181 e. The Morgan fingerprint density at radius 1 is 1.10 bits per heavy atom. The van der Waals surface area contributed by atoms with Crippen LogP contribution in [0.3, 0.4) is 0 Å². The van der Waals surface area contributed by atoms with Crippen LogP contribution in [-0.4, -0.2) is 53.3 Å². The number of ketones is 1. The van der Waals surface area contributed by atoms with E-state index in [1.165, 1.54) is 11.3 Å². The Hall–Kier alpha value is -2.37. The molecule has 3 aromatic rings. The lowest BCUT2D eigenvalue weighted by atomic mass is 10.0. The van der Waals surface area contributed by atoms with Crippen LogP contribution in [0.25, 0.3) is 5.65 Å². The van der Waals surface area contributed by atoms with E-state index in [2.05, 4.69) is 46.1 Å². The number of piperazine rings is 1. The van der Waals surface area contributed by atoms with E-state index in [0.29, 0.717) is 17.1 Å². The summed E-state index contributed by atoms with van der Waals surface area (Å²) in [6, 6.07) is 12.3. The molecule has 1 saturated heterocycles. The molecule has 0 unspecified atom stereocenters. The van der Waals surface area contributed by atoms with Crippen LogP contribution in [0.5, 0.6) is 0 Å². The molecular formula is C23H27ClN4O. The zero-order valence-electron chi connectivity index (χ0n) is 17.1. The van der Waals surface area contributed by atoms with Gasteiger partial charge in [-0.05, 0) is 43.7 Å². The number of halogens is 1. The van der Waals surface area contributed by atoms with E-state index in [9.17, 15) is 4.79 Å². The third-order valence-electron chi connectivity index (χ3n) is 5.70. The molecule has 0 saturated carbocycles. The van der Waals surface area contributed by atoms with Crippen LogP contribution in [0.4, 0.5) is 5.69 Å². The van der Waals surface area contributed by atoms with E-state index in [1.54, 1.807) is 12.1 Å². The summed E-state index contributed by atoms with van der Waals surface area (Å²) in [5.74, 6) is 0.125. The van der Waals surface area contributed by atoms with E-state index in [0.717, 1.165) is 50.4 Å². The molecule has 1 aliphatic heterocycles. The molecule has 0 atom stereocenters. The van der Waals surface area contributed by atoms with Crippen molar-refractivity contribution in [3.05, 3.63) is 64.6 Å². The molecule has 0 radical (unpaired) electrons. The summed E-state index contributed by atoms with van der Waals surface area (Å²) < 4.78 is 1.86. The summed E-state index contributed by atoms with van der Waals surface area (Å²) in [5, 5.41) is 0.629. The quantitative estimate of drug-likeness (QED) is 0.573. The van der Waals surface area contributed by atoms with Crippen molar-refractivity contribution in [1.82, 2.24) is 14.3 Å². The standard InChI is InChI=1S/C23H27ClN4O/c1-3-20-23(28-11-10-18(24)16-22(28)25-20)21(29)9-6-17-4-7-19(8-5-17)27-14-12-26(2)13-15-27/h4-5,7-8,10-11,16H,3,6,9,12-15H2,1-2H3. The number of pyridine rings is 1. The van der Waals surface area contributed by atoms with Gasteiger partial charge in [-0.2, -0.15) is 0 Å². The van der Waals surface area contributed by atoms with Crippen molar-refractivity contribution in [2.75, 3.05) is 38.1 Å². The number of anilines is 1. The highest BCUT2D eigenvalue weighted by atomic mass is 35.5. The van der Waals surface area contributed by atoms with Crippen LogP contribution in [0, 0.1) is 0 Å². The second-order valence-corrected chi connectivity index (χ2v) is 8.15. The van der Waals surface area contributed by atoms with Crippen LogP contribution in [0.15, 0.2) is 42.6 Å². The molecule has 1 aromatic carbocycles. The SMILES string of the molecule is CCc1nc2cc(Cl)ccn2c1C(=O)CCc1ccc(N2CCN(C)CC2)cc1. The van der Waals surface area contributed by atoms with Crippen molar-refractivity contribution < 1.29 is 4.79 Å². The van der Waals surface area contributed by atoms with Crippen LogP contribution < -0.4 is 4.90 Å². The minimum absolute atomic E-state index is 0.125. The molecular weight excluding hydrogens is 384 g/mol. The third-order valence-corrected chi connectivity index (χ3v) is 5.94. The average Bonchev–Trinajstić information content (AvgIpc) is 3.10. The summed E-state index contributed by atoms with van der Waals surface area (Å²) in [6.45, 7) is 6.34. The number of benzene rings is 1. The maximum absolute atomic E-state index is 13.0. The molecule has 0 N–H and O–H groups in total. The summed E-state index contributed by atoms with van der Waals surface area (Å²) in [5.41, 5.74) is 4.70. The molecule has 0 amide bonds. The number of fused-ring (bicyclic) bond motifs is 1. The van der Waals surface area contributed by atoms with Crippen molar-refractivity contribution in [2.45, 2.75) is 26.2 Å². The first-order valence-electron chi connectivity index (χ1n) is 10.3. The molecule has 6 heteroatoms. The second-order valence-electron chi connectivity index (χ2n) is 7.71. The molecule has 29 heavy (non-hydrogen) atoms. The number of likely N-dealkylation sites (N-methyl/N-ethyl adjacent to an activating group) is 1. The minimum atomic E-state index is 0.125. The number of imidazole rings is 1. The predicted molar refractivity (Wildman–Crippen MR) is 118 cm³/mol. The third kappa shape index (κ3) is 4.31. The number of hydrogen-bond donors (Lipinski definition) is 0. The summed E-state index contributed by atoms with van der Waals surface area (Å²) in [6.07, 6.45) is 3.76. The van der Waals surface area contributed by atoms with Gasteiger partial charge in [-0.15, -0.1) is 0 Å². The van der Waals surface area contributed by atoms with Crippen LogP contribution >= 0.6 is 11.6 Å². The predicted octanol–water partition coefficient (Wildman–Crippen LogP) is 4.12. The Morgan fingerprint density at radius 2 is 1.83 bits per heavy atom. The number of aryl methyl sites for hydroxylation is 2. The average molecular weight is 411 g/mol. The molecule has 1 aliphatic rings. The summed E-state index contributed by atoms with van der Waals surface area (Å²) >= 11 is 6.08. The zero-order chi connectivity index (χ0) is 20.4. The van der Waals surface area contributed by atoms with Gasteiger partial charge < -0.3 is 9.80 Å². The van der Waals surface area contributed by atoms with Gasteiger partial charge in [0, 0.05) is 55.6 Å². The van der Waals surface area contributed by atoms with E-state index in [-0.39, 0.29) is 5.78 Å². The number of Topliss-reactive ketones (excluding diaryl/α,β-unsaturated/α-hetero) is 1. The van der Waals surface area contributed by atoms with Crippen molar-refractivity contribution in [2.24, 2.45) is 0 Å². The maximum atomic E-state index is 13.0. The van der Waals surface area contributed by atoms with Gasteiger partial charge >= 0.3 is 0 Å². The Balaban J connectivity index is 1.44. The fourth-order valence-corrected chi connectivity index (χ4v) is 4.08. The normalized spacial score (nSPS) is 15.2. The van der Waals surface area contributed by atoms with Gasteiger partial charge in [0.1, 0.15) is 11.3 Å². The largest absolute Gasteiger partial charge is 0.369 e. The van der Waals surface area contributed by atoms with Gasteiger partial charge in [0.15, 0.2) is 5.78 Å². The van der Waals surface area contributed by atoms with Gasteiger partial charge in [-0.25, -0.2) is 4.98 Å². The van der Waals surface area contributed by atoms with Crippen LogP contribution in [0.2, 0.25) is 5.02 Å². The first-order chi connectivity index (χ1) is 14.0. The lowest BCUT2D eigenvalue weighted by Gasteiger charge is -2.34. The highest BCUT2D eigenvalue weighted by molar-refractivity contribution is 6.30. The zero-order valence-corrected chi connectivity index (χ0v) is 17.8. The van der Waals surface area contributed by atoms with E-state index >= 15 is 0 Å². The molecule has 152 valence electrons. The summed E-state index contributed by atoms with van der Waals surface area (Å²) in [7, 11) is 2.17. The molecule has 3 heterocycles.